The van der Waals surface area contributed by atoms with Gasteiger partial charge in [-0.1, -0.05) is 36.4 Å². The molecule has 0 spiro atoms. The normalized spacial score (nSPS) is 15.9. The van der Waals surface area contributed by atoms with Crippen molar-refractivity contribution in [3.05, 3.63) is 59.7 Å². The summed E-state index contributed by atoms with van der Waals surface area (Å²) in [4.78, 5) is 32.1. The molecule has 7 nitrogen and oxygen atoms in total. The third-order valence-corrected chi connectivity index (χ3v) is 7.55. The van der Waals surface area contributed by atoms with Crippen molar-refractivity contribution in [1.82, 2.24) is 19.8 Å². The van der Waals surface area contributed by atoms with E-state index in [-0.39, 0.29) is 24.2 Å². The molecule has 36 heavy (non-hydrogen) atoms. The Morgan fingerprint density at radius 1 is 0.806 bits per heavy atom. The van der Waals surface area contributed by atoms with Crippen molar-refractivity contribution >= 4 is 67.8 Å². The summed E-state index contributed by atoms with van der Waals surface area (Å²) in [5.74, 6) is -0.657. The van der Waals surface area contributed by atoms with Crippen LogP contribution in [0, 0.1) is 0 Å². The van der Waals surface area contributed by atoms with Crippen molar-refractivity contribution in [3.63, 3.8) is 0 Å². The number of amides is 2. The molecular formula is C28H27ClN4O3. The fourth-order valence-corrected chi connectivity index (χ4v) is 6.02. The minimum absolute atomic E-state index is 0. The molecule has 0 unspecified atom stereocenters. The molecule has 3 aromatic carbocycles. The summed E-state index contributed by atoms with van der Waals surface area (Å²) in [6.07, 6.45) is 2.56. The summed E-state index contributed by atoms with van der Waals surface area (Å²) < 4.78 is 8.31. The number of rotatable bonds is 6. The molecule has 0 saturated carbocycles. The number of aromatic amines is 1. The van der Waals surface area contributed by atoms with Gasteiger partial charge in [-0.3, -0.25) is 14.9 Å². The SMILES string of the molecule is Cl.O=C1NC(=O)c2c1c1c3ccccc3[nH]c1c1c2c2ccccc2n1CCOCCN1CCCC1. The Hall–Kier alpha value is -3.39. The number of halogens is 1. The summed E-state index contributed by atoms with van der Waals surface area (Å²) in [5.41, 5.74) is 4.77. The number of hydrogen-bond acceptors (Lipinski definition) is 4. The van der Waals surface area contributed by atoms with E-state index in [0.717, 1.165) is 50.2 Å². The molecule has 184 valence electrons. The molecule has 5 aromatic rings. The highest BCUT2D eigenvalue weighted by Crippen LogP contribution is 2.43. The third-order valence-electron chi connectivity index (χ3n) is 7.55. The van der Waals surface area contributed by atoms with Gasteiger partial charge >= 0.3 is 0 Å². The maximum atomic E-state index is 13.1. The number of aromatic nitrogens is 2. The first kappa shape index (κ1) is 23.0. The maximum absolute atomic E-state index is 13.1. The van der Waals surface area contributed by atoms with Crippen LogP contribution in [0.1, 0.15) is 33.6 Å². The molecule has 2 aliphatic rings. The molecule has 4 heterocycles. The Morgan fingerprint density at radius 2 is 1.47 bits per heavy atom. The lowest BCUT2D eigenvalue weighted by Crippen LogP contribution is -2.24. The van der Waals surface area contributed by atoms with Crippen LogP contribution in [-0.4, -0.2) is 59.1 Å². The quantitative estimate of drug-likeness (QED) is 0.257. The van der Waals surface area contributed by atoms with Gasteiger partial charge in [-0.2, -0.15) is 0 Å². The minimum Gasteiger partial charge on any atom is -0.378 e. The molecule has 0 aliphatic carbocycles. The molecule has 0 bridgehead atoms. The average molecular weight is 503 g/mol. The van der Waals surface area contributed by atoms with Gasteiger partial charge in [0, 0.05) is 45.7 Å². The number of benzene rings is 3. The van der Waals surface area contributed by atoms with Crippen molar-refractivity contribution in [2.24, 2.45) is 0 Å². The van der Waals surface area contributed by atoms with Gasteiger partial charge in [-0.15, -0.1) is 12.4 Å². The number of likely N-dealkylation sites (tertiary alicyclic amines) is 1. The van der Waals surface area contributed by atoms with Crippen LogP contribution >= 0.6 is 12.4 Å². The topological polar surface area (TPSA) is 79.4 Å². The highest BCUT2D eigenvalue weighted by molar-refractivity contribution is 6.39. The van der Waals surface area contributed by atoms with Crippen LogP contribution in [0.5, 0.6) is 0 Å². The van der Waals surface area contributed by atoms with Crippen LogP contribution in [0.4, 0.5) is 0 Å². The lowest BCUT2D eigenvalue weighted by molar-refractivity contribution is 0.0880. The van der Waals surface area contributed by atoms with Crippen molar-refractivity contribution in [2.75, 3.05) is 32.8 Å². The Morgan fingerprint density at radius 3 is 2.28 bits per heavy atom. The van der Waals surface area contributed by atoms with E-state index in [9.17, 15) is 9.59 Å². The summed E-state index contributed by atoms with van der Waals surface area (Å²) in [7, 11) is 0. The smallest absolute Gasteiger partial charge is 0.259 e. The first-order chi connectivity index (χ1) is 17.2. The molecule has 0 radical (unpaired) electrons. The zero-order chi connectivity index (χ0) is 23.5. The molecule has 1 fully saturated rings. The van der Waals surface area contributed by atoms with Crippen LogP contribution in [0.15, 0.2) is 48.5 Å². The molecule has 1 saturated heterocycles. The molecule has 2 aromatic heterocycles. The van der Waals surface area contributed by atoms with E-state index < -0.39 is 0 Å². The Kier molecular flexibility index (Phi) is 5.71. The van der Waals surface area contributed by atoms with Crippen LogP contribution in [-0.2, 0) is 11.3 Å². The number of imide groups is 1. The summed E-state index contributed by atoms with van der Waals surface area (Å²) in [5, 5.41) is 6.11. The van der Waals surface area contributed by atoms with E-state index in [1.54, 1.807) is 0 Å². The third kappa shape index (κ3) is 3.34. The van der Waals surface area contributed by atoms with Gasteiger partial charge < -0.3 is 19.2 Å². The average Bonchev–Trinajstić information content (AvgIpc) is 3.63. The van der Waals surface area contributed by atoms with Crippen LogP contribution in [0.3, 0.4) is 0 Å². The fourth-order valence-electron chi connectivity index (χ4n) is 6.02. The summed E-state index contributed by atoms with van der Waals surface area (Å²) in [6.45, 7) is 5.25. The second kappa shape index (κ2) is 8.92. The maximum Gasteiger partial charge on any atom is 0.259 e. The first-order valence-corrected chi connectivity index (χ1v) is 12.4. The van der Waals surface area contributed by atoms with Gasteiger partial charge in [-0.25, -0.2) is 0 Å². The lowest BCUT2D eigenvalue weighted by atomic mass is 9.97. The second-order valence-corrected chi connectivity index (χ2v) is 9.51. The van der Waals surface area contributed by atoms with Gasteiger partial charge in [0.05, 0.1) is 35.4 Å². The zero-order valence-corrected chi connectivity index (χ0v) is 20.6. The van der Waals surface area contributed by atoms with Crippen LogP contribution < -0.4 is 5.32 Å². The lowest BCUT2D eigenvalue weighted by Gasteiger charge is -2.15. The minimum atomic E-state index is -0.330. The number of para-hydroxylation sites is 2. The number of ether oxygens (including phenoxy) is 1. The van der Waals surface area contributed by atoms with E-state index in [0.29, 0.717) is 30.9 Å². The molecule has 7 rings (SSSR count). The first-order valence-electron chi connectivity index (χ1n) is 12.4. The number of carbonyl (C=O) groups is 2. The number of H-pyrrole nitrogens is 1. The van der Waals surface area contributed by atoms with Crippen molar-refractivity contribution in [3.8, 4) is 0 Å². The molecular weight excluding hydrogens is 476 g/mol. The number of carbonyl (C=O) groups excluding carboxylic acids is 2. The molecule has 0 atom stereocenters. The highest BCUT2D eigenvalue weighted by Gasteiger charge is 2.35. The van der Waals surface area contributed by atoms with Gasteiger partial charge in [-0.05, 0) is 38.1 Å². The number of fused-ring (bicyclic) bond motifs is 10. The van der Waals surface area contributed by atoms with Gasteiger partial charge in [0.1, 0.15) is 0 Å². The van der Waals surface area contributed by atoms with E-state index >= 15 is 0 Å². The van der Waals surface area contributed by atoms with Gasteiger partial charge in [0.2, 0.25) is 0 Å². The highest BCUT2D eigenvalue weighted by atomic mass is 35.5. The molecule has 2 N–H and O–H groups in total. The Balaban J connectivity index is 0.00000240. The van der Waals surface area contributed by atoms with Crippen LogP contribution in [0.25, 0.3) is 43.6 Å². The Labute approximate surface area is 213 Å². The number of nitrogens with zero attached hydrogens (tertiary/aromatic N) is 2. The standard InChI is InChI=1S/C28H26N4O3.ClH/c33-27-23-21-17-7-1-3-9-19(17)29-25(21)26-22(24(23)28(34)30-27)18-8-2-4-10-20(18)32(26)14-16-35-15-13-31-11-5-6-12-31;/h1-4,7-10,29H,5-6,11-16H2,(H,30,33,34);1H. The Bertz CT molecular complexity index is 1660. The predicted octanol–water partition coefficient (Wildman–Crippen LogP) is 4.85. The van der Waals surface area contributed by atoms with Crippen LogP contribution in [0.2, 0.25) is 0 Å². The monoisotopic (exact) mass is 502 g/mol. The largest absolute Gasteiger partial charge is 0.378 e. The molecule has 2 aliphatic heterocycles. The summed E-state index contributed by atoms with van der Waals surface area (Å²) >= 11 is 0. The van der Waals surface area contributed by atoms with Gasteiger partial charge in [0.15, 0.2) is 0 Å². The van der Waals surface area contributed by atoms with Crippen molar-refractivity contribution < 1.29 is 14.3 Å². The second-order valence-electron chi connectivity index (χ2n) is 9.51. The van der Waals surface area contributed by atoms with Crippen molar-refractivity contribution in [1.29, 1.82) is 0 Å². The molecule has 8 heteroatoms. The van der Waals surface area contributed by atoms with E-state index in [1.165, 1.54) is 25.9 Å². The number of nitrogens with one attached hydrogen (secondary N) is 2. The van der Waals surface area contributed by atoms with E-state index in [4.69, 9.17) is 4.74 Å². The van der Waals surface area contributed by atoms with Gasteiger partial charge in [0.25, 0.3) is 11.8 Å². The van der Waals surface area contributed by atoms with Crippen molar-refractivity contribution in [2.45, 2.75) is 19.4 Å². The fraction of sp³-hybridized carbons (Fsp3) is 0.286. The number of hydrogen-bond donors (Lipinski definition) is 2. The zero-order valence-electron chi connectivity index (χ0n) is 19.8. The predicted molar refractivity (Wildman–Crippen MR) is 144 cm³/mol. The van der Waals surface area contributed by atoms with E-state index in [2.05, 4.69) is 25.8 Å². The molecule has 2 amide bonds. The summed E-state index contributed by atoms with van der Waals surface area (Å²) in [6, 6.07) is 16.1. The van der Waals surface area contributed by atoms with E-state index in [1.807, 2.05) is 42.5 Å².